The number of carbonyl (C=O) groups is 5. The molecule has 12 rings (SSSR count). The van der Waals surface area contributed by atoms with E-state index in [-0.39, 0.29) is 47.2 Å². The van der Waals surface area contributed by atoms with Gasteiger partial charge in [0, 0.05) is 134 Å². The van der Waals surface area contributed by atoms with E-state index < -0.39 is 5.60 Å². The van der Waals surface area contributed by atoms with Crippen LogP contribution < -0.4 is 16.0 Å². The van der Waals surface area contributed by atoms with Crippen molar-refractivity contribution in [3.05, 3.63) is 83.7 Å². The molecule has 0 unspecified atom stereocenters. The Hall–Kier alpha value is -7.75. The molecule has 0 atom stereocenters. The topological polar surface area (TPSA) is 234 Å². The monoisotopic (exact) mass is 1160 g/mol. The molecule has 2 aliphatic carbocycles. The normalized spacial score (nSPS) is 19.0. The Bertz CT molecular complexity index is 3380. The summed E-state index contributed by atoms with van der Waals surface area (Å²) < 4.78 is 9.75. The fraction of sp³-hybridized carbons (Fsp3) is 0.571. The minimum atomic E-state index is -0.507. The van der Waals surface area contributed by atoms with E-state index in [1.54, 1.807) is 85.9 Å². The van der Waals surface area contributed by atoms with Crippen LogP contribution >= 0.6 is 0 Å². The third-order valence-electron chi connectivity index (χ3n) is 18.2. The number of carbonyl (C=O) groups excluding carboxylic acids is 5. The van der Waals surface area contributed by atoms with Crippen LogP contribution in [0.4, 0.5) is 28.3 Å². The molecule has 5 amide bonds. The minimum absolute atomic E-state index is 0.0260. The van der Waals surface area contributed by atoms with Crippen LogP contribution in [0.5, 0.6) is 0 Å². The molecule has 0 bridgehead atoms. The van der Waals surface area contributed by atoms with Gasteiger partial charge in [-0.2, -0.15) is 9.97 Å². The third-order valence-corrected chi connectivity index (χ3v) is 18.2. The molecule has 6 fully saturated rings. The summed E-state index contributed by atoms with van der Waals surface area (Å²) in [4.78, 5) is 101. The average molecular weight is 1160 g/mol. The maximum absolute atomic E-state index is 13.3. The molecule has 0 aromatic carbocycles. The fourth-order valence-corrected chi connectivity index (χ4v) is 13.2. The third kappa shape index (κ3) is 13.1. The summed E-state index contributed by atoms with van der Waals surface area (Å²) in [5, 5.41) is 11.4. The molecule has 85 heavy (non-hydrogen) atoms. The van der Waals surface area contributed by atoms with E-state index >= 15 is 0 Å². The molecule has 22 heteroatoms. The zero-order valence-corrected chi connectivity index (χ0v) is 50.7. The second-order valence-electron chi connectivity index (χ2n) is 26.1. The van der Waals surface area contributed by atoms with Crippen molar-refractivity contribution in [1.82, 2.24) is 68.9 Å². The fourth-order valence-electron chi connectivity index (χ4n) is 13.2. The van der Waals surface area contributed by atoms with Crippen LogP contribution in [-0.4, -0.2) is 179 Å². The number of nitrogens with one attached hydrogen (secondary N) is 3. The predicted molar refractivity (Wildman–Crippen MR) is 325 cm³/mol. The van der Waals surface area contributed by atoms with Crippen LogP contribution in [-0.2, 0) is 4.74 Å². The van der Waals surface area contributed by atoms with E-state index in [2.05, 4.69) is 45.0 Å². The molecule has 452 valence electrons. The van der Waals surface area contributed by atoms with E-state index in [4.69, 9.17) is 14.7 Å². The number of amides is 5. The van der Waals surface area contributed by atoms with Gasteiger partial charge in [-0.05, 0) is 114 Å². The number of pyridine rings is 2. The first-order chi connectivity index (χ1) is 40.8. The quantitative estimate of drug-likeness (QED) is 0.108. The van der Waals surface area contributed by atoms with Crippen molar-refractivity contribution in [3.63, 3.8) is 0 Å². The molecule has 3 N–H and O–H groups in total. The molecule has 4 aliphatic heterocycles. The standard InChI is InChI=1S/C34H46N8O4.C29H38N8O2/c1-33(2,3)46-32(45)41-21-34(22-41)14-16-40(17-15-34)29(43)23-12-13-27(35-19-23)37-31-36-20-24-18-26(30(44)39(4)5)42(28(24)38-31)25-10-8-6-7-9-11-25;1-35(2)27(39)23-15-21-17-32-28(34-25(21)37(23)22-7-5-3-4-6-8-22)33-24-10-9-20(16-31-24)26(38)36-13-11-29(12-14-36)18-30-19-29/h12-13,18-20,25H,6-11,14-17,21-22H2,1-5H3,(H,35,36,37,38);9-10,15-17,22,30H,3-8,11-14,18-19H2,1-2H3,(H,31,32,33,34). The van der Waals surface area contributed by atoms with E-state index in [0.717, 1.165) is 125 Å². The van der Waals surface area contributed by atoms with Gasteiger partial charge >= 0.3 is 6.09 Å². The molecule has 6 aliphatic rings. The molecule has 10 heterocycles. The Morgan fingerprint density at radius 3 is 1.32 bits per heavy atom. The van der Waals surface area contributed by atoms with Crippen LogP contribution in [0.3, 0.4) is 0 Å². The van der Waals surface area contributed by atoms with Crippen molar-refractivity contribution < 1.29 is 28.7 Å². The number of rotatable bonds is 10. The number of likely N-dealkylation sites (tertiary alicyclic amines) is 3. The minimum Gasteiger partial charge on any atom is -0.444 e. The van der Waals surface area contributed by atoms with Crippen LogP contribution in [0.1, 0.15) is 177 Å². The maximum Gasteiger partial charge on any atom is 0.410 e. The lowest BCUT2D eigenvalue weighted by atomic mass is 9.72. The van der Waals surface area contributed by atoms with Gasteiger partial charge in [-0.1, -0.05) is 51.4 Å². The van der Waals surface area contributed by atoms with Crippen LogP contribution in [0, 0.1) is 10.8 Å². The van der Waals surface area contributed by atoms with Crippen molar-refractivity contribution in [2.45, 2.75) is 141 Å². The van der Waals surface area contributed by atoms with Crippen molar-refractivity contribution in [1.29, 1.82) is 0 Å². The summed E-state index contributed by atoms with van der Waals surface area (Å²) in [6.45, 7) is 12.0. The van der Waals surface area contributed by atoms with Crippen LogP contribution in [0.15, 0.2) is 61.2 Å². The number of nitrogens with zero attached hydrogens (tertiary/aromatic N) is 13. The highest BCUT2D eigenvalue weighted by atomic mass is 16.6. The summed E-state index contributed by atoms with van der Waals surface area (Å²) in [5.74, 6) is 1.82. The smallest absolute Gasteiger partial charge is 0.410 e. The van der Waals surface area contributed by atoms with Gasteiger partial charge in [-0.25, -0.2) is 24.7 Å². The lowest BCUT2D eigenvalue weighted by Gasteiger charge is -2.53. The Labute approximate surface area is 497 Å². The zero-order valence-electron chi connectivity index (χ0n) is 50.7. The summed E-state index contributed by atoms with van der Waals surface area (Å²) >= 11 is 0. The van der Waals surface area contributed by atoms with Gasteiger partial charge in [0.1, 0.15) is 39.9 Å². The second-order valence-corrected chi connectivity index (χ2v) is 26.1. The van der Waals surface area contributed by atoms with Gasteiger partial charge < -0.3 is 54.3 Å². The lowest BCUT2D eigenvalue weighted by molar-refractivity contribution is -0.0563. The summed E-state index contributed by atoms with van der Waals surface area (Å²) in [6.07, 6.45) is 23.9. The van der Waals surface area contributed by atoms with Gasteiger partial charge in [0.05, 0.1) is 11.1 Å². The maximum atomic E-state index is 13.3. The van der Waals surface area contributed by atoms with E-state index in [1.807, 2.05) is 48.8 Å². The van der Waals surface area contributed by atoms with Crippen molar-refractivity contribution in [2.24, 2.45) is 10.8 Å². The number of aromatic nitrogens is 8. The van der Waals surface area contributed by atoms with Crippen molar-refractivity contribution in [2.75, 3.05) is 91.2 Å². The Morgan fingerprint density at radius 1 is 0.553 bits per heavy atom. The summed E-state index contributed by atoms with van der Waals surface area (Å²) in [6, 6.07) is 11.4. The van der Waals surface area contributed by atoms with Crippen molar-refractivity contribution in [3.8, 4) is 0 Å². The van der Waals surface area contributed by atoms with Crippen LogP contribution in [0.25, 0.3) is 22.1 Å². The lowest BCUT2D eigenvalue weighted by Crippen LogP contribution is -2.62. The zero-order chi connectivity index (χ0) is 59.6. The van der Waals surface area contributed by atoms with E-state index in [0.29, 0.717) is 77.6 Å². The number of piperidine rings is 2. The van der Waals surface area contributed by atoms with Gasteiger partial charge in [0.2, 0.25) is 11.9 Å². The van der Waals surface area contributed by atoms with Gasteiger partial charge in [0.15, 0.2) is 0 Å². The highest BCUT2D eigenvalue weighted by Gasteiger charge is 2.48. The van der Waals surface area contributed by atoms with Crippen molar-refractivity contribution >= 4 is 75.3 Å². The number of fused-ring (bicyclic) bond motifs is 2. The predicted octanol–water partition coefficient (Wildman–Crippen LogP) is 9.63. The highest BCUT2D eigenvalue weighted by molar-refractivity contribution is 5.99. The van der Waals surface area contributed by atoms with Gasteiger partial charge in [-0.15, -0.1) is 0 Å². The Kier molecular flexibility index (Phi) is 17.1. The average Bonchev–Trinajstić information content (AvgIpc) is 2.29. The molecular formula is C63H84N16O6. The molecule has 6 aromatic rings. The molecular weight excluding hydrogens is 1080 g/mol. The summed E-state index contributed by atoms with van der Waals surface area (Å²) in [5.41, 5.74) is 3.88. The first kappa shape index (κ1) is 59.0. The van der Waals surface area contributed by atoms with Gasteiger partial charge in [-0.3, -0.25) is 19.2 Å². The number of hydrogen-bond donors (Lipinski definition) is 3. The number of hydrogen-bond acceptors (Lipinski definition) is 15. The second kappa shape index (κ2) is 24.7. The Morgan fingerprint density at radius 2 is 0.965 bits per heavy atom. The first-order valence-electron chi connectivity index (χ1n) is 30.8. The SMILES string of the molecule is CN(C)C(=O)c1cc2cnc(Nc3ccc(C(=O)N4CCC5(CC4)CN(C(=O)OC(C)(C)C)C5)cn3)nc2n1C1CCCCCC1.CN(C)C(=O)c1cc2cnc(Nc3ccc(C(=O)N4CCC5(CC4)CNC5)cn3)nc2n1C1CCCCCC1. The molecule has 2 saturated carbocycles. The Balaban J connectivity index is 0.000000179. The molecule has 6 aromatic heterocycles. The molecule has 0 radical (unpaired) electrons. The molecule has 22 nitrogen and oxygen atoms in total. The van der Waals surface area contributed by atoms with E-state index in [9.17, 15) is 24.0 Å². The van der Waals surface area contributed by atoms with Gasteiger partial charge in [0.25, 0.3) is 23.6 Å². The molecule has 2 spiro atoms. The van der Waals surface area contributed by atoms with Crippen LogP contribution in [0.2, 0.25) is 0 Å². The largest absolute Gasteiger partial charge is 0.444 e. The first-order valence-corrected chi connectivity index (χ1v) is 30.8. The highest BCUT2D eigenvalue weighted by Crippen LogP contribution is 2.42. The summed E-state index contributed by atoms with van der Waals surface area (Å²) in [7, 11) is 7.11. The number of ether oxygens (including phenoxy) is 1. The van der Waals surface area contributed by atoms with E-state index in [1.165, 1.54) is 25.7 Å². The molecule has 4 saturated heterocycles. The number of anilines is 4.